The number of pyridine rings is 1. The molecule has 0 bridgehead atoms. The molecule has 0 atom stereocenters. The van der Waals surface area contributed by atoms with Crippen LogP contribution in [0.3, 0.4) is 0 Å². The normalized spacial score (nSPS) is 8.83. The number of thiol groups is 1. The minimum atomic E-state index is 0.523. The minimum Gasteiger partial charge on any atom is -0.396 e. The standard InChI is InChI=1S/C9H10N2S/c1-7-4-5-8(10)9(11-7)3-2-6-12/h4-5,12H,6,10H2,1H3. The maximum absolute atomic E-state index is 5.64. The van der Waals surface area contributed by atoms with E-state index in [0.717, 1.165) is 5.69 Å². The van der Waals surface area contributed by atoms with Crippen molar-refractivity contribution in [3.8, 4) is 11.8 Å². The summed E-state index contributed by atoms with van der Waals surface area (Å²) in [5.74, 6) is 6.17. The van der Waals surface area contributed by atoms with Crippen molar-refractivity contribution in [1.82, 2.24) is 4.98 Å². The van der Waals surface area contributed by atoms with Gasteiger partial charge in [-0.15, -0.1) is 0 Å². The zero-order chi connectivity index (χ0) is 8.97. The molecule has 1 rings (SSSR count). The summed E-state index contributed by atoms with van der Waals surface area (Å²) in [7, 11) is 0. The van der Waals surface area contributed by atoms with E-state index in [0.29, 0.717) is 17.1 Å². The summed E-state index contributed by atoms with van der Waals surface area (Å²) in [4.78, 5) is 4.18. The molecule has 0 aliphatic heterocycles. The lowest BCUT2D eigenvalue weighted by Gasteiger charge is -1.97. The molecule has 2 nitrogen and oxygen atoms in total. The molecule has 0 aliphatic carbocycles. The second-order valence-corrected chi connectivity index (χ2v) is 2.67. The van der Waals surface area contributed by atoms with Gasteiger partial charge in [0.1, 0.15) is 5.69 Å². The fraction of sp³-hybridized carbons (Fsp3) is 0.222. The van der Waals surface area contributed by atoms with Gasteiger partial charge in [0, 0.05) is 5.69 Å². The molecule has 0 radical (unpaired) electrons. The smallest absolute Gasteiger partial charge is 0.136 e. The van der Waals surface area contributed by atoms with Crippen LogP contribution in [0.25, 0.3) is 0 Å². The van der Waals surface area contributed by atoms with E-state index in [1.165, 1.54) is 0 Å². The molecule has 0 aromatic carbocycles. The van der Waals surface area contributed by atoms with Crippen LogP contribution in [-0.4, -0.2) is 10.7 Å². The van der Waals surface area contributed by atoms with Crippen LogP contribution >= 0.6 is 12.6 Å². The fourth-order valence-corrected chi connectivity index (χ4v) is 0.870. The number of hydrogen-bond acceptors (Lipinski definition) is 3. The first-order valence-electron chi connectivity index (χ1n) is 3.57. The fourth-order valence-electron chi connectivity index (χ4n) is 0.791. The Labute approximate surface area is 77.6 Å². The van der Waals surface area contributed by atoms with Gasteiger partial charge in [-0.05, 0) is 25.0 Å². The lowest BCUT2D eigenvalue weighted by Crippen LogP contribution is -1.94. The highest BCUT2D eigenvalue weighted by molar-refractivity contribution is 7.80. The van der Waals surface area contributed by atoms with Crippen molar-refractivity contribution in [3.63, 3.8) is 0 Å². The number of nitrogens with two attached hydrogens (primary N) is 1. The Hall–Kier alpha value is -1.14. The number of nitrogens with zero attached hydrogens (tertiary/aromatic N) is 1. The van der Waals surface area contributed by atoms with Gasteiger partial charge in [0.15, 0.2) is 0 Å². The van der Waals surface area contributed by atoms with Crippen molar-refractivity contribution >= 4 is 18.3 Å². The molecule has 0 amide bonds. The number of aromatic nitrogens is 1. The van der Waals surface area contributed by atoms with Gasteiger partial charge in [-0.2, -0.15) is 12.6 Å². The first kappa shape index (κ1) is 8.95. The van der Waals surface area contributed by atoms with Crippen LogP contribution in [0.15, 0.2) is 12.1 Å². The quantitative estimate of drug-likeness (QED) is 0.463. The van der Waals surface area contributed by atoms with E-state index in [4.69, 9.17) is 5.73 Å². The van der Waals surface area contributed by atoms with Crippen molar-refractivity contribution in [2.75, 3.05) is 11.5 Å². The molecule has 12 heavy (non-hydrogen) atoms. The van der Waals surface area contributed by atoms with Crippen LogP contribution in [0.5, 0.6) is 0 Å². The second-order valence-electron chi connectivity index (χ2n) is 2.35. The molecular formula is C9H10N2S. The highest BCUT2D eigenvalue weighted by Crippen LogP contribution is 2.07. The van der Waals surface area contributed by atoms with Gasteiger partial charge in [0.05, 0.1) is 11.4 Å². The lowest BCUT2D eigenvalue weighted by molar-refractivity contribution is 1.18. The zero-order valence-corrected chi connectivity index (χ0v) is 7.73. The molecule has 62 valence electrons. The summed E-state index contributed by atoms with van der Waals surface area (Å²) in [6.07, 6.45) is 0. The predicted octanol–water partition coefficient (Wildman–Crippen LogP) is 1.25. The molecule has 3 heteroatoms. The average Bonchev–Trinajstić information content (AvgIpc) is 2.07. The third-order valence-corrected chi connectivity index (χ3v) is 1.51. The van der Waals surface area contributed by atoms with E-state index in [1.54, 1.807) is 0 Å². The van der Waals surface area contributed by atoms with Crippen LogP contribution in [0.2, 0.25) is 0 Å². The van der Waals surface area contributed by atoms with Gasteiger partial charge >= 0.3 is 0 Å². The van der Waals surface area contributed by atoms with Crippen molar-refractivity contribution < 1.29 is 0 Å². The first-order chi connectivity index (χ1) is 5.74. The van der Waals surface area contributed by atoms with Gasteiger partial charge in [-0.1, -0.05) is 5.92 Å². The van der Waals surface area contributed by atoms with Crippen LogP contribution < -0.4 is 5.73 Å². The van der Waals surface area contributed by atoms with Crippen molar-refractivity contribution in [2.45, 2.75) is 6.92 Å². The molecule has 1 aromatic rings. The van der Waals surface area contributed by atoms with Crippen LogP contribution in [0.1, 0.15) is 11.4 Å². The lowest BCUT2D eigenvalue weighted by atomic mass is 10.2. The van der Waals surface area contributed by atoms with E-state index in [2.05, 4.69) is 29.5 Å². The summed E-state index contributed by atoms with van der Waals surface area (Å²) in [6.45, 7) is 1.91. The highest BCUT2D eigenvalue weighted by Gasteiger charge is 1.95. The largest absolute Gasteiger partial charge is 0.396 e. The Morgan fingerprint density at radius 3 is 3.00 bits per heavy atom. The number of nitrogen functional groups attached to an aromatic ring is 1. The number of rotatable bonds is 0. The van der Waals surface area contributed by atoms with Gasteiger partial charge in [-0.25, -0.2) is 4.98 Å². The van der Waals surface area contributed by atoms with Crippen LogP contribution in [0, 0.1) is 18.8 Å². The molecule has 0 fully saturated rings. The Morgan fingerprint density at radius 2 is 2.33 bits per heavy atom. The number of anilines is 1. The molecule has 1 heterocycles. The average molecular weight is 178 g/mol. The van der Waals surface area contributed by atoms with Gasteiger partial charge < -0.3 is 5.73 Å². The van der Waals surface area contributed by atoms with Gasteiger partial charge in [0.25, 0.3) is 0 Å². The molecule has 0 saturated heterocycles. The van der Waals surface area contributed by atoms with Crippen molar-refractivity contribution in [3.05, 3.63) is 23.5 Å². The van der Waals surface area contributed by atoms with E-state index in [-0.39, 0.29) is 0 Å². The summed E-state index contributed by atoms with van der Waals surface area (Å²) in [5.41, 5.74) is 7.83. The molecule has 0 saturated carbocycles. The Kier molecular flexibility index (Phi) is 3.01. The topological polar surface area (TPSA) is 38.9 Å². The predicted molar refractivity (Wildman–Crippen MR) is 54.1 cm³/mol. The van der Waals surface area contributed by atoms with Gasteiger partial charge in [-0.3, -0.25) is 0 Å². The van der Waals surface area contributed by atoms with Crippen LogP contribution in [-0.2, 0) is 0 Å². The highest BCUT2D eigenvalue weighted by atomic mass is 32.1. The Bertz CT molecular complexity index is 336. The maximum Gasteiger partial charge on any atom is 0.136 e. The summed E-state index contributed by atoms with van der Waals surface area (Å²) >= 11 is 3.97. The second kappa shape index (κ2) is 4.03. The Morgan fingerprint density at radius 1 is 1.58 bits per heavy atom. The molecule has 2 N–H and O–H groups in total. The van der Waals surface area contributed by atoms with E-state index in [9.17, 15) is 0 Å². The van der Waals surface area contributed by atoms with E-state index in [1.807, 2.05) is 19.1 Å². The van der Waals surface area contributed by atoms with Crippen molar-refractivity contribution in [1.29, 1.82) is 0 Å². The zero-order valence-electron chi connectivity index (χ0n) is 6.83. The molecule has 0 unspecified atom stereocenters. The van der Waals surface area contributed by atoms with Crippen molar-refractivity contribution in [2.24, 2.45) is 0 Å². The summed E-state index contributed by atoms with van der Waals surface area (Å²) < 4.78 is 0. The van der Waals surface area contributed by atoms with Crippen LogP contribution in [0.4, 0.5) is 5.69 Å². The summed E-state index contributed by atoms with van der Waals surface area (Å²) in [6, 6.07) is 3.67. The molecular weight excluding hydrogens is 168 g/mol. The third-order valence-electron chi connectivity index (χ3n) is 1.35. The molecule has 0 spiro atoms. The van der Waals surface area contributed by atoms with E-state index < -0.39 is 0 Å². The Balaban J connectivity index is 3.05. The van der Waals surface area contributed by atoms with E-state index >= 15 is 0 Å². The SMILES string of the molecule is Cc1ccc(N)c(C#CCS)n1. The molecule has 1 aromatic heterocycles. The number of aryl methyl sites for hydroxylation is 1. The maximum atomic E-state index is 5.64. The number of hydrogen-bond donors (Lipinski definition) is 2. The first-order valence-corrected chi connectivity index (χ1v) is 4.20. The third kappa shape index (κ3) is 2.18. The summed E-state index contributed by atoms with van der Waals surface area (Å²) in [5, 5.41) is 0. The molecule has 0 aliphatic rings. The monoisotopic (exact) mass is 178 g/mol. The van der Waals surface area contributed by atoms with Gasteiger partial charge in [0.2, 0.25) is 0 Å². The minimum absolute atomic E-state index is 0.523.